The van der Waals surface area contributed by atoms with Crippen molar-refractivity contribution in [3.8, 4) is 0 Å². The van der Waals surface area contributed by atoms with Crippen LogP contribution in [0.15, 0.2) is 24.3 Å². The molecule has 1 aliphatic carbocycles. The van der Waals surface area contributed by atoms with Crippen LogP contribution in [0.25, 0.3) is 0 Å². The van der Waals surface area contributed by atoms with E-state index in [0.29, 0.717) is 6.04 Å². The van der Waals surface area contributed by atoms with Crippen LogP contribution in [-0.4, -0.2) is 18.2 Å². The highest BCUT2D eigenvalue weighted by Gasteiger charge is 2.40. The Balaban J connectivity index is 1.74. The second kappa shape index (κ2) is 5.43. The molecule has 1 saturated heterocycles. The van der Waals surface area contributed by atoms with Crippen molar-refractivity contribution < 1.29 is 4.74 Å². The minimum absolute atomic E-state index is 0.117. The molecule has 1 aromatic rings. The van der Waals surface area contributed by atoms with E-state index in [9.17, 15) is 0 Å². The number of hydrogen-bond donors (Lipinski definition) is 1. The van der Waals surface area contributed by atoms with Gasteiger partial charge in [-0.15, -0.1) is 0 Å². The van der Waals surface area contributed by atoms with Crippen LogP contribution < -0.4 is 5.32 Å². The van der Waals surface area contributed by atoms with Gasteiger partial charge in [0.25, 0.3) is 0 Å². The average molecular weight is 280 g/mol. The molecule has 2 atom stereocenters. The Morgan fingerprint density at radius 2 is 2.05 bits per heavy atom. The minimum atomic E-state index is 0.117. The lowest BCUT2D eigenvalue weighted by atomic mass is 9.80. The van der Waals surface area contributed by atoms with Crippen molar-refractivity contribution in [3.63, 3.8) is 0 Å². The second-order valence-corrected chi connectivity index (χ2v) is 6.50. The Morgan fingerprint density at radius 1 is 1.26 bits per heavy atom. The maximum atomic E-state index is 6.20. The van der Waals surface area contributed by atoms with Crippen LogP contribution in [0.1, 0.15) is 50.7 Å². The summed E-state index contributed by atoms with van der Waals surface area (Å²) in [6.45, 7) is 3.05. The predicted molar refractivity (Wildman–Crippen MR) is 78.6 cm³/mol. The summed E-state index contributed by atoms with van der Waals surface area (Å²) in [7, 11) is 0. The highest BCUT2D eigenvalue weighted by atomic mass is 35.5. The van der Waals surface area contributed by atoms with E-state index < -0.39 is 0 Å². The monoisotopic (exact) mass is 279 g/mol. The van der Waals surface area contributed by atoms with Gasteiger partial charge in [0.1, 0.15) is 0 Å². The fourth-order valence-corrected chi connectivity index (χ4v) is 3.78. The van der Waals surface area contributed by atoms with Crippen molar-refractivity contribution in [1.82, 2.24) is 5.32 Å². The number of nitrogens with one attached hydrogen (secondary N) is 1. The van der Waals surface area contributed by atoms with Gasteiger partial charge in [-0.2, -0.15) is 0 Å². The minimum Gasteiger partial charge on any atom is -0.370 e. The van der Waals surface area contributed by atoms with Crippen molar-refractivity contribution >= 4 is 11.6 Å². The van der Waals surface area contributed by atoms with Gasteiger partial charge in [-0.05, 0) is 37.5 Å². The molecular formula is C16H22ClNO. The molecule has 2 unspecified atom stereocenters. The highest BCUT2D eigenvalue weighted by Crippen LogP contribution is 2.36. The zero-order valence-corrected chi connectivity index (χ0v) is 12.2. The Labute approximate surface area is 120 Å². The van der Waals surface area contributed by atoms with Crippen molar-refractivity contribution in [2.75, 3.05) is 6.61 Å². The van der Waals surface area contributed by atoms with E-state index in [-0.39, 0.29) is 11.6 Å². The number of hydrogen-bond acceptors (Lipinski definition) is 2. The van der Waals surface area contributed by atoms with Crippen LogP contribution in [0, 0.1) is 0 Å². The van der Waals surface area contributed by atoms with E-state index in [1.54, 1.807) is 0 Å². The first kappa shape index (κ1) is 13.4. The normalized spacial score (nSPS) is 30.4. The van der Waals surface area contributed by atoms with Crippen LogP contribution >= 0.6 is 11.6 Å². The molecule has 0 bridgehead atoms. The van der Waals surface area contributed by atoms with E-state index in [1.807, 2.05) is 18.2 Å². The SMILES string of the molecule is CC1NC2(CCCCC2)COC1c1cccc(Cl)c1. The van der Waals surface area contributed by atoms with Gasteiger partial charge in [0.05, 0.1) is 12.7 Å². The molecule has 0 aromatic heterocycles. The number of halogens is 1. The van der Waals surface area contributed by atoms with Crippen molar-refractivity contribution in [3.05, 3.63) is 34.9 Å². The Bertz CT molecular complexity index is 442. The van der Waals surface area contributed by atoms with Gasteiger partial charge in [-0.3, -0.25) is 0 Å². The third-order valence-corrected chi connectivity index (χ3v) is 4.75. The molecule has 2 fully saturated rings. The summed E-state index contributed by atoms with van der Waals surface area (Å²) in [6.07, 6.45) is 6.64. The summed E-state index contributed by atoms with van der Waals surface area (Å²) in [4.78, 5) is 0. The van der Waals surface area contributed by atoms with Crippen LogP contribution in [0.4, 0.5) is 0 Å². The molecule has 0 amide bonds. The van der Waals surface area contributed by atoms with Gasteiger partial charge in [0.15, 0.2) is 0 Å². The van der Waals surface area contributed by atoms with Gasteiger partial charge in [-0.1, -0.05) is 43.0 Å². The standard InChI is InChI=1S/C16H22ClNO/c1-12-15(13-6-5-7-14(17)10-13)19-11-16(18-12)8-3-2-4-9-16/h5-7,10,12,15,18H,2-4,8-9,11H2,1H3. The first-order valence-corrected chi connectivity index (χ1v) is 7.71. The van der Waals surface area contributed by atoms with E-state index in [0.717, 1.165) is 11.6 Å². The molecule has 3 rings (SSSR count). The van der Waals surface area contributed by atoms with Crippen LogP contribution in [0.5, 0.6) is 0 Å². The third kappa shape index (κ3) is 2.81. The van der Waals surface area contributed by atoms with Crippen LogP contribution in [0.2, 0.25) is 5.02 Å². The Hall–Kier alpha value is -0.570. The van der Waals surface area contributed by atoms with E-state index in [2.05, 4.69) is 18.3 Å². The zero-order chi connectivity index (χ0) is 13.3. The summed E-state index contributed by atoms with van der Waals surface area (Å²) in [5.41, 5.74) is 1.41. The largest absolute Gasteiger partial charge is 0.370 e. The molecule has 1 saturated carbocycles. The number of morpholine rings is 1. The molecule has 1 N–H and O–H groups in total. The molecule has 2 nitrogen and oxygen atoms in total. The molecular weight excluding hydrogens is 258 g/mol. The molecule has 104 valence electrons. The topological polar surface area (TPSA) is 21.3 Å². The number of ether oxygens (including phenoxy) is 1. The molecule has 1 aromatic carbocycles. The second-order valence-electron chi connectivity index (χ2n) is 6.06. The maximum absolute atomic E-state index is 6.20. The van der Waals surface area contributed by atoms with Crippen LogP contribution in [-0.2, 0) is 4.74 Å². The lowest BCUT2D eigenvalue weighted by molar-refractivity contribution is -0.0714. The van der Waals surface area contributed by atoms with Gasteiger partial charge in [-0.25, -0.2) is 0 Å². The smallest absolute Gasteiger partial charge is 0.0976 e. The van der Waals surface area contributed by atoms with E-state index in [4.69, 9.17) is 16.3 Å². The lowest BCUT2D eigenvalue weighted by Crippen LogP contribution is -2.59. The van der Waals surface area contributed by atoms with Gasteiger partial charge in [0, 0.05) is 16.6 Å². The maximum Gasteiger partial charge on any atom is 0.0976 e. The average Bonchev–Trinajstić information content (AvgIpc) is 2.39. The molecule has 19 heavy (non-hydrogen) atoms. The van der Waals surface area contributed by atoms with Crippen molar-refractivity contribution in [2.45, 2.75) is 56.7 Å². The highest BCUT2D eigenvalue weighted by molar-refractivity contribution is 6.30. The molecule has 1 aliphatic heterocycles. The van der Waals surface area contributed by atoms with Gasteiger partial charge in [0.2, 0.25) is 0 Å². The van der Waals surface area contributed by atoms with E-state index in [1.165, 1.54) is 37.7 Å². The molecule has 0 radical (unpaired) electrons. The first-order chi connectivity index (χ1) is 9.19. The Kier molecular flexibility index (Phi) is 3.84. The fourth-order valence-electron chi connectivity index (χ4n) is 3.58. The third-order valence-electron chi connectivity index (χ3n) is 4.52. The summed E-state index contributed by atoms with van der Waals surface area (Å²) < 4.78 is 6.20. The number of rotatable bonds is 1. The van der Waals surface area contributed by atoms with Gasteiger partial charge < -0.3 is 10.1 Å². The summed E-state index contributed by atoms with van der Waals surface area (Å²) in [5, 5.41) is 4.62. The number of benzene rings is 1. The molecule has 2 aliphatic rings. The van der Waals surface area contributed by atoms with Gasteiger partial charge >= 0.3 is 0 Å². The fraction of sp³-hybridized carbons (Fsp3) is 0.625. The summed E-state index contributed by atoms with van der Waals surface area (Å²) >= 11 is 6.08. The molecule has 1 heterocycles. The summed E-state index contributed by atoms with van der Waals surface area (Å²) in [5.74, 6) is 0. The lowest BCUT2D eigenvalue weighted by Gasteiger charge is -2.47. The van der Waals surface area contributed by atoms with E-state index >= 15 is 0 Å². The van der Waals surface area contributed by atoms with Crippen LogP contribution in [0.3, 0.4) is 0 Å². The summed E-state index contributed by atoms with van der Waals surface area (Å²) in [6, 6.07) is 8.37. The molecule has 3 heteroatoms. The van der Waals surface area contributed by atoms with Crippen molar-refractivity contribution in [2.24, 2.45) is 0 Å². The van der Waals surface area contributed by atoms with Crippen molar-refractivity contribution in [1.29, 1.82) is 0 Å². The zero-order valence-electron chi connectivity index (χ0n) is 11.5. The predicted octanol–water partition coefficient (Wildman–Crippen LogP) is 4.09. The molecule has 1 spiro atoms. The first-order valence-electron chi connectivity index (χ1n) is 7.33. The quantitative estimate of drug-likeness (QED) is 0.836. The Morgan fingerprint density at radius 3 is 2.74 bits per heavy atom.